The lowest BCUT2D eigenvalue weighted by atomic mass is 10.1. The molecule has 0 heterocycles. The monoisotopic (exact) mass is 242 g/mol. The summed E-state index contributed by atoms with van der Waals surface area (Å²) in [5, 5.41) is 9.94. The second-order valence-electron chi connectivity index (χ2n) is 3.35. The summed E-state index contributed by atoms with van der Waals surface area (Å²) >= 11 is 3.39. The lowest BCUT2D eigenvalue weighted by molar-refractivity contribution is 0.147. The lowest BCUT2D eigenvalue weighted by Crippen LogP contribution is -2.06. The van der Waals surface area contributed by atoms with Crippen molar-refractivity contribution in [3.63, 3.8) is 0 Å². The summed E-state index contributed by atoms with van der Waals surface area (Å²) in [6.45, 7) is 0. The van der Waals surface area contributed by atoms with Crippen molar-refractivity contribution in [1.29, 1.82) is 0 Å². The number of halogens is 1. The Hall–Kier alpha value is -0.540. The fourth-order valence-corrected chi connectivity index (χ4v) is 2.00. The van der Waals surface area contributed by atoms with Crippen LogP contribution in [-0.4, -0.2) is 12.2 Å². The number of benzene rings is 1. The largest absolute Gasteiger partial charge is 0.495 e. The molecule has 0 aliphatic heterocycles. The van der Waals surface area contributed by atoms with Gasteiger partial charge in [-0.25, -0.2) is 0 Å². The Balaban J connectivity index is 2.50. The molecule has 0 unspecified atom stereocenters. The molecule has 0 atom stereocenters. The molecule has 0 spiro atoms. The van der Waals surface area contributed by atoms with E-state index in [9.17, 15) is 5.11 Å². The van der Waals surface area contributed by atoms with Crippen molar-refractivity contribution in [2.75, 3.05) is 7.11 Å². The van der Waals surface area contributed by atoms with E-state index in [-0.39, 0.29) is 0 Å². The first kappa shape index (κ1) is 9.03. The van der Waals surface area contributed by atoms with Crippen molar-refractivity contribution < 1.29 is 9.84 Å². The van der Waals surface area contributed by atoms with Crippen molar-refractivity contribution >= 4 is 15.9 Å². The van der Waals surface area contributed by atoms with Gasteiger partial charge in [0.1, 0.15) is 5.75 Å². The summed E-state index contributed by atoms with van der Waals surface area (Å²) in [5.41, 5.74) is 0.263. The first-order valence-electron chi connectivity index (χ1n) is 4.23. The summed E-state index contributed by atoms with van der Waals surface area (Å²) in [6.07, 6.45) is 1.67. The third-order valence-electron chi connectivity index (χ3n) is 2.40. The van der Waals surface area contributed by atoms with Crippen LogP contribution >= 0.6 is 15.9 Å². The smallest absolute Gasteiger partial charge is 0.139 e. The SMILES string of the molecule is COc1c(Br)cccc1C1(O)CC1. The maximum Gasteiger partial charge on any atom is 0.139 e. The molecule has 1 saturated carbocycles. The van der Waals surface area contributed by atoms with Crippen molar-refractivity contribution in [2.45, 2.75) is 18.4 Å². The third-order valence-corrected chi connectivity index (χ3v) is 3.02. The molecule has 1 aromatic rings. The second kappa shape index (κ2) is 3.00. The Labute approximate surface area is 85.7 Å². The van der Waals surface area contributed by atoms with Crippen molar-refractivity contribution in [3.05, 3.63) is 28.2 Å². The molecule has 0 bridgehead atoms. The number of hydrogen-bond acceptors (Lipinski definition) is 2. The van der Waals surface area contributed by atoms with E-state index in [0.29, 0.717) is 0 Å². The highest BCUT2D eigenvalue weighted by molar-refractivity contribution is 9.10. The van der Waals surface area contributed by atoms with Gasteiger partial charge in [0.2, 0.25) is 0 Å². The van der Waals surface area contributed by atoms with Gasteiger partial charge in [-0.15, -0.1) is 0 Å². The molecular formula is C10H11BrO2. The van der Waals surface area contributed by atoms with E-state index in [1.165, 1.54) is 0 Å². The molecule has 13 heavy (non-hydrogen) atoms. The minimum absolute atomic E-state index is 0.630. The van der Waals surface area contributed by atoms with E-state index in [2.05, 4.69) is 15.9 Å². The van der Waals surface area contributed by atoms with Crippen LogP contribution in [-0.2, 0) is 5.60 Å². The molecule has 2 nitrogen and oxygen atoms in total. The van der Waals surface area contributed by atoms with Crippen LogP contribution in [0.15, 0.2) is 22.7 Å². The van der Waals surface area contributed by atoms with Crippen LogP contribution in [0.2, 0.25) is 0 Å². The molecule has 1 aliphatic carbocycles. The minimum atomic E-state index is -0.630. The minimum Gasteiger partial charge on any atom is -0.495 e. The number of ether oxygens (including phenoxy) is 1. The first-order chi connectivity index (χ1) is 6.17. The Morgan fingerprint density at radius 1 is 1.46 bits per heavy atom. The Morgan fingerprint density at radius 2 is 2.15 bits per heavy atom. The lowest BCUT2D eigenvalue weighted by Gasteiger charge is -2.14. The third kappa shape index (κ3) is 1.46. The van der Waals surface area contributed by atoms with Gasteiger partial charge in [0.05, 0.1) is 17.2 Å². The van der Waals surface area contributed by atoms with E-state index in [1.807, 2.05) is 18.2 Å². The van der Waals surface area contributed by atoms with E-state index < -0.39 is 5.60 Å². The van der Waals surface area contributed by atoms with Crippen molar-refractivity contribution in [3.8, 4) is 5.75 Å². The Kier molecular flexibility index (Phi) is 2.08. The van der Waals surface area contributed by atoms with Gasteiger partial charge < -0.3 is 9.84 Å². The molecule has 0 saturated heterocycles. The normalized spacial score (nSPS) is 18.4. The molecule has 2 rings (SSSR count). The molecule has 0 radical (unpaired) electrons. The summed E-state index contributed by atoms with van der Waals surface area (Å²) in [5.74, 6) is 0.752. The number of para-hydroxylation sites is 1. The Morgan fingerprint density at radius 3 is 2.69 bits per heavy atom. The fraction of sp³-hybridized carbons (Fsp3) is 0.400. The predicted octanol–water partition coefficient (Wildman–Crippen LogP) is 2.44. The summed E-state index contributed by atoms with van der Waals surface area (Å²) < 4.78 is 6.13. The molecule has 1 fully saturated rings. The highest BCUT2D eigenvalue weighted by Gasteiger charge is 2.44. The van der Waals surface area contributed by atoms with Crippen LogP contribution in [0.1, 0.15) is 18.4 Å². The van der Waals surface area contributed by atoms with Gasteiger partial charge in [-0.05, 0) is 34.8 Å². The number of methoxy groups -OCH3 is 1. The van der Waals surface area contributed by atoms with Crippen LogP contribution in [0, 0.1) is 0 Å². The molecule has 0 amide bonds. The molecule has 3 heteroatoms. The van der Waals surface area contributed by atoms with Crippen LogP contribution in [0.25, 0.3) is 0 Å². The van der Waals surface area contributed by atoms with Gasteiger partial charge in [-0.2, -0.15) is 0 Å². The average molecular weight is 243 g/mol. The van der Waals surface area contributed by atoms with E-state index in [0.717, 1.165) is 28.6 Å². The Bertz CT molecular complexity index is 332. The van der Waals surface area contributed by atoms with Gasteiger partial charge >= 0.3 is 0 Å². The highest BCUT2D eigenvalue weighted by Crippen LogP contribution is 2.50. The zero-order valence-corrected chi connectivity index (χ0v) is 8.97. The molecule has 1 aromatic carbocycles. The van der Waals surface area contributed by atoms with Crippen LogP contribution in [0.4, 0.5) is 0 Å². The van der Waals surface area contributed by atoms with E-state index in [1.54, 1.807) is 7.11 Å². The summed E-state index contributed by atoms with van der Waals surface area (Å²) in [6, 6.07) is 5.74. The average Bonchev–Trinajstić information content (AvgIpc) is 2.85. The first-order valence-corrected chi connectivity index (χ1v) is 5.02. The zero-order chi connectivity index (χ0) is 9.47. The van der Waals surface area contributed by atoms with Crippen LogP contribution in [0.3, 0.4) is 0 Å². The van der Waals surface area contributed by atoms with Gasteiger partial charge in [0.25, 0.3) is 0 Å². The van der Waals surface area contributed by atoms with E-state index >= 15 is 0 Å². The second-order valence-corrected chi connectivity index (χ2v) is 4.21. The van der Waals surface area contributed by atoms with Crippen LogP contribution < -0.4 is 4.74 Å². The molecule has 1 N–H and O–H groups in total. The quantitative estimate of drug-likeness (QED) is 0.864. The maximum atomic E-state index is 9.94. The summed E-state index contributed by atoms with van der Waals surface area (Å²) in [7, 11) is 1.62. The molecule has 70 valence electrons. The fourth-order valence-electron chi connectivity index (χ4n) is 1.47. The molecular weight excluding hydrogens is 232 g/mol. The topological polar surface area (TPSA) is 29.5 Å². The maximum absolute atomic E-state index is 9.94. The van der Waals surface area contributed by atoms with Crippen molar-refractivity contribution in [1.82, 2.24) is 0 Å². The molecule has 0 aromatic heterocycles. The zero-order valence-electron chi connectivity index (χ0n) is 7.38. The summed E-state index contributed by atoms with van der Waals surface area (Å²) in [4.78, 5) is 0. The standard InChI is InChI=1S/C10H11BrO2/c1-13-9-7(10(12)5-6-10)3-2-4-8(9)11/h2-4,12H,5-6H2,1H3. The predicted molar refractivity (Wildman–Crippen MR) is 53.8 cm³/mol. The van der Waals surface area contributed by atoms with Gasteiger partial charge in [0.15, 0.2) is 0 Å². The number of hydrogen-bond donors (Lipinski definition) is 1. The highest BCUT2D eigenvalue weighted by atomic mass is 79.9. The van der Waals surface area contributed by atoms with Gasteiger partial charge in [-0.3, -0.25) is 0 Å². The number of rotatable bonds is 2. The van der Waals surface area contributed by atoms with Crippen molar-refractivity contribution in [2.24, 2.45) is 0 Å². The number of aliphatic hydroxyl groups is 1. The van der Waals surface area contributed by atoms with Crippen LogP contribution in [0.5, 0.6) is 5.75 Å². The van der Waals surface area contributed by atoms with Gasteiger partial charge in [0, 0.05) is 5.56 Å². The molecule has 1 aliphatic rings. The van der Waals surface area contributed by atoms with Gasteiger partial charge in [-0.1, -0.05) is 12.1 Å². The van der Waals surface area contributed by atoms with E-state index in [4.69, 9.17) is 4.74 Å².